The number of halogens is 2. The molecule has 1 aromatic carbocycles. The van der Waals surface area contributed by atoms with Gasteiger partial charge in [-0.25, -0.2) is 0 Å². The molecule has 17 heavy (non-hydrogen) atoms. The number of carbonyl (C=O) groups excluding carboxylic acids is 1. The Kier molecular flexibility index (Phi) is 5.84. The van der Waals surface area contributed by atoms with Gasteiger partial charge in [0, 0.05) is 11.5 Å². The van der Waals surface area contributed by atoms with Crippen molar-refractivity contribution >= 4 is 40.7 Å². The third-order valence-corrected chi connectivity index (χ3v) is 3.70. The first-order chi connectivity index (χ1) is 8.06. The van der Waals surface area contributed by atoms with E-state index < -0.39 is 4.84 Å². The lowest BCUT2D eigenvalue weighted by Crippen LogP contribution is -2.05. The van der Waals surface area contributed by atoms with Gasteiger partial charge < -0.3 is 0 Å². The number of hydrogen-bond donors (Lipinski definition) is 0. The predicted molar refractivity (Wildman–Crippen MR) is 72.8 cm³/mol. The minimum absolute atomic E-state index is 0.0240. The van der Waals surface area contributed by atoms with E-state index in [0.29, 0.717) is 5.56 Å². The molecule has 0 aromatic heterocycles. The summed E-state index contributed by atoms with van der Waals surface area (Å²) in [5.41, 5.74) is 1.59. The van der Waals surface area contributed by atoms with Gasteiger partial charge in [0.15, 0.2) is 5.78 Å². The third kappa shape index (κ3) is 4.23. The van der Waals surface area contributed by atoms with Crippen LogP contribution in [0.5, 0.6) is 0 Å². The second-order valence-electron chi connectivity index (χ2n) is 3.55. The maximum Gasteiger partial charge on any atom is 0.173 e. The van der Waals surface area contributed by atoms with E-state index in [2.05, 4.69) is 0 Å². The minimum atomic E-state index is -0.467. The van der Waals surface area contributed by atoms with Gasteiger partial charge in [0.05, 0.1) is 5.75 Å². The molecule has 1 atom stereocenters. The molecule has 5 heteroatoms. The van der Waals surface area contributed by atoms with Gasteiger partial charge >= 0.3 is 0 Å². The first kappa shape index (κ1) is 14.4. The molecular weight excluding hydrogens is 277 g/mol. The molecule has 2 nitrogen and oxygen atoms in total. The smallest absolute Gasteiger partial charge is 0.173 e. The highest BCUT2D eigenvalue weighted by atomic mass is 35.5. The lowest BCUT2D eigenvalue weighted by atomic mass is 10.0. The standard InChI is InChI=1S/C12H11Cl2NOS/c1-8(12(13)14)9-2-4-10(5-3-9)11(16)6-17-7-15/h2-5,8,12H,6H2,1H3. The molecule has 0 heterocycles. The van der Waals surface area contributed by atoms with Gasteiger partial charge in [-0.1, -0.05) is 31.2 Å². The number of benzene rings is 1. The summed E-state index contributed by atoms with van der Waals surface area (Å²) >= 11 is 12.5. The molecular formula is C12H11Cl2NOS. The monoisotopic (exact) mass is 287 g/mol. The van der Waals surface area contributed by atoms with Crippen LogP contribution >= 0.6 is 35.0 Å². The summed E-state index contributed by atoms with van der Waals surface area (Å²) in [6, 6.07) is 7.16. The number of carbonyl (C=O) groups is 1. The first-order valence-electron chi connectivity index (χ1n) is 4.98. The average molecular weight is 288 g/mol. The quantitative estimate of drug-likeness (QED) is 0.467. The van der Waals surface area contributed by atoms with Crippen molar-refractivity contribution in [3.63, 3.8) is 0 Å². The van der Waals surface area contributed by atoms with Crippen molar-refractivity contribution < 1.29 is 4.79 Å². The Morgan fingerprint density at radius 3 is 2.47 bits per heavy atom. The van der Waals surface area contributed by atoms with E-state index in [1.54, 1.807) is 12.1 Å². The molecule has 1 unspecified atom stereocenters. The van der Waals surface area contributed by atoms with Gasteiger partial charge in [-0.05, 0) is 17.3 Å². The van der Waals surface area contributed by atoms with E-state index >= 15 is 0 Å². The zero-order chi connectivity index (χ0) is 12.8. The highest BCUT2D eigenvalue weighted by molar-refractivity contribution is 8.04. The number of hydrogen-bond acceptors (Lipinski definition) is 3. The summed E-state index contributed by atoms with van der Waals surface area (Å²) in [4.78, 5) is 11.1. The maximum absolute atomic E-state index is 11.6. The van der Waals surface area contributed by atoms with Crippen molar-refractivity contribution in [2.75, 3.05) is 5.75 Å². The molecule has 0 aliphatic heterocycles. The predicted octanol–water partition coefficient (Wildman–Crippen LogP) is 3.99. The number of thioether (sulfide) groups is 1. The summed E-state index contributed by atoms with van der Waals surface area (Å²) in [7, 11) is 0. The SMILES string of the molecule is CC(c1ccc(C(=O)CSC#N)cc1)C(Cl)Cl. The molecule has 0 spiro atoms. The van der Waals surface area contributed by atoms with Crippen LogP contribution in [0.2, 0.25) is 0 Å². The van der Waals surface area contributed by atoms with E-state index in [0.717, 1.165) is 17.3 Å². The minimum Gasteiger partial charge on any atom is -0.293 e. The highest BCUT2D eigenvalue weighted by Gasteiger charge is 2.14. The molecule has 0 N–H and O–H groups in total. The summed E-state index contributed by atoms with van der Waals surface area (Å²) in [6.07, 6.45) is 0. The highest BCUT2D eigenvalue weighted by Crippen LogP contribution is 2.26. The van der Waals surface area contributed by atoms with Crippen molar-refractivity contribution in [3.8, 4) is 5.40 Å². The molecule has 0 saturated heterocycles. The van der Waals surface area contributed by atoms with Crippen molar-refractivity contribution in [2.45, 2.75) is 17.7 Å². The van der Waals surface area contributed by atoms with Crippen molar-refractivity contribution in [1.29, 1.82) is 5.26 Å². The van der Waals surface area contributed by atoms with Crippen LogP contribution in [0.3, 0.4) is 0 Å². The van der Waals surface area contributed by atoms with Gasteiger partial charge in [0.25, 0.3) is 0 Å². The average Bonchev–Trinajstić information content (AvgIpc) is 2.35. The molecule has 1 aromatic rings. The molecule has 0 saturated carbocycles. The number of Topliss-reactive ketones (excluding diaryl/α,β-unsaturated/α-hetero) is 1. The largest absolute Gasteiger partial charge is 0.293 e. The van der Waals surface area contributed by atoms with Crippen molar-refractivity contribution in [1.82, 2.24) is 0 Å². The number of ketones is 1. The first-order valence-corrected chi connectivity index (χ1v) is 6.84. The lowest BCUT2D eigenvalue weighted by Gasteiger charge is -2.12. The number of rotatable bonds is 5. The second kappa shape index (κ2) is 6.90. The number of nitriles is 1. The molecule has 0 aliphatic rings. The van der Waals surface area contributed by atoms with Crippen LogP contribution in [0.25, 0.3) is 0 Å². The summed E-state index contributed by atoms with van der Waals surface area (Å²) in [5, 5.41) is 10.2. The maximum atomic E-state index is 11.6. The Balaban J connectivity index is 2.75. The van der Waals surface area contributed by atoms with Gasteiger partial charge in [-0.15, -0.1) is 23.2 Å². The number of alkyl halides is 2. The molecule has 1 rings (SSSR count). The van der Waals surface area contributed by atoms with Crippen LogP contribution in [0.15, 0.2) is 24.3 Å². The number of nitrogens with zero attached hydrogens (tertiary/aromatic N) is 1. The topological polar surface area (TPSA) is 40.9 Å². The van der Waals surface area contributed by atoms with E-state index in [-0.39, 0.29) is 17.5 Å². The van der Waals surface area contributed by atoms with E-state index in [1.165, 1.54) is 0 Å². The molecule has 0 aliphatic carbocycles. The Morgan fingerprint density at radius 1 is 1.41 bits per heavy atom. The summed E-state index contributed by atoms with van der Waals surface area (Å²) < 4.78 is 0. The Hall–Kier alpha value is -0.690. The fourth-order valence-electron chi connectivity index (χ4n) is 1.30. The van der Waals surface area contributed by atoms with Crippen LogP contribution in [-0.4, -0.2) is 16.4 Å². The normalized spacial score (nSPS) is 12.2. The van der Waals surface area contributed by atoms with Crippen LogP contribution in [0, 0.1) is 10.7 Å². The Morgan fingerprint density at radius 2 is 2.00 bits per heavy atom. The van der Waals surface area contributed by atoms with Crippen LogP contribution in [-0.2, 0) is 0 Å². The van der Waals surface area contributed by atoms with Gasteiger partial charge in [0.1, 0.15) is 10.2 Å². The van der Waals surface area contributed by atoms with Crippen molar-refractivity contribution in [2.24, 2.45) is 0 Å². The second-order valence-corrected chi connectivity index (χ2v) is 5.47. The van der Waals surface area contributed by atoms with Crippen LogP contribution < -0.4 is 0 Å². The fraction of sp³-hybridized carbons (Fsp3) is 0.333. The van der Waals surface area contributed by atoms with Gasteiger partial charge in [-0.3, -0.25) is 4.79 Å². The third-order valence-electron chi connectivity index (χ3n) is 2.40. The lowest BCUT2D eigenvalue weighted by molar-refractivity contribution is 0.102. The molecule has 0 bridgehead atoms. The molecule has 0 radical (unpaired) electrons. The Labute approximate surface area is 115 Å². The molecule has 90 valence electrons. The van der Waals surface area contributed by atoms with Gasteiger partial charge in [-0.2, -0.15) is 5.26 Å². The summed E-state index contributed by atoms with van der Waals surface area (Å²) in [6.45, 7) is 1.92. The van der Waals surface area contributed by atoms with E-state index in [9.17, 15) is 4.79 Å². The molecule has 0 fully saturated rings. The zero-order valence-corrected chi connectivity index (χ0v) is 11.5. The van der Waals surface area contributed by atoms with Crippen LogP contribution in [0.1, 0.15) is 28.8 Å². The van der Waals surface area contributed by atoms with Crippen molar-refractivity contribution in [3.05, 3.63) is 35.4 Å². The zero-order valence-electron chi connectivity index (χ0n) is 9.19. The van der Waals surface area contributed by atoms with E-state index in [4.69, 9.17) is 28.5 Å². The summed E-state index contributed by atoms with van der Waals surface area (Å²) in [5.74, 6) is 0.152. The number of thiocyanates is 1. The molecule has 0 amide bonds. The van der Waals surface area contributed by atoms with E-state index in [1.807, 2.05) is 24.5 Å². The van der Waals surface area contributed by atoms with Gasteiger partial charge in [0.2, 0.25) is 0 Å². The van der Waals surface area contributed by atoms with Crippen LogP contribution in [0.4, 0.5) is 0 Å². The fourth-order valence-corrected chi connectivity index (χ4v) is 1.95. The Bertz CT molecular complexity index is 425.